The zero-order valence-electron chi connectivity index (χ0n) is 15.8. The van der Waals surface area contributed by atoms with Crippen molar-refractivity contribution >= 4 is 33.7 Å². The van der Waals surface area contributed by atoms with Crippen molar-refractivity contribution in [1.29, 1.82) is 0 Å². The quantitative estimate of drug-likeness (QED) is 0.293. The number of nitrogens with zero attached hydrogens (tertiary/aromatic N) is 2. The van der Waals surface area contributed by atoms with Crippen LogP contribution >= 0.6 is 0 Å². The largest absolute Gasteiger partial charge is 0.477 e. The highest BCUT2D eigenvalue weighted by molar-refractivity contribution is 7.92. The van der Waals surface area contributed by atoms with Gasteiger partial charge in [-0.15, -0.1) is 0 Å². The number of hydrogen-bond donors (Lipinski definition) is 3. The van der Waals surface area contributed by atoms with Crippen LogP contribution in [-0.4, -0.2) is 65.4 Å². The number of carbonyl (C=O) groups excluding carboxylic acids is 2. The number of nitrogens with one attached hydrogen (secondary N) is 1. The number of amides is 2. The first-order chi connectivity index (χ1) is 14.3. The summed E-state index contributed by atoms with van der Waals surface area (Å²) in [5.74, 6) is -3.33. The fraction of sp³-hybridized carbons (Fsp3) is 0.263. The van der Waals surface area contributed by atoms with Crippen LogP contribution < -0.4 is 11.1 Å². The van der Waals surface area contributed by atoms with Crippen molar-refractivity contribution in [3.63, 3.8) is 0 Å². The minimum atomic E-state index is -3.92. The first kappa shape index (κ1) is 21.4. The fourth-order valence-corrected chi connectivity index (χ4v) is 5.09. The molecule has 1 atom stereocenters. The molecule has 4 N–H and O–H groups in total. The Kier molecular flexibility index (Phi) is 6.13. The number of pyridine rings is 1. The average Bonchev–Trinajstić information content (AvgIpc) is 2.70. The smallest absolute Gasteiger partial charge is 0.352 e. The van der Waals surface area contributed by atoms with Gasteiger partial charge in [-0.3, -0.25) is 19.5 Å². The number of allylic oxidation sites excluding steroid dienone is 1. The topological polar surface area (TPSA) is 160 Å². The van der Waals surface area contributed by atoms with E-state index in [1.807, 2.05) is 0 Å². The average molecular weight is 432 g/mol. The van der Waals surface area contributed by atoms with Gasteiger partial charge in [-0.2, -0.15) is 0 Å². The van der Waals surface area contributed by atoms with E-state index in [0.717, 1.165) is 17.1 Å². The molecule has 2 aliphatic heterocycles. The van der Waals surface area contributed by atoms with Gasteiger partial charge in [-0.1, -0.05) is 12.1 Å². The lowest BCUT2D eigenvalue weighted by Crippen LogP contribution is -2.62. The zero-order valence-corrected chi connectivity index (χ0v) is 16.6. The third kappa shape index (κ3) is 4.16. The van der Waals surface area contributed by atoms with Crippen LogP contribution in [0.3, 0.4) is 0 Å². The molecule has 10 nitrogen and oxygen atoms in total. The number of carboxylic acid groups (broad SMARTS) is 1. The van der Waals surface area contributed by atoms with Gasteiger partial charge in [0.25, 0.3) is 5.91 Å². The number of β-lactam (4-membered cyclic amide) rings is 1. The molecular formula is C19H20N4O6S. The maximum atomic E-state index is 12.8. The second-order valence-corrected chi connectivity index (χ2v) is 8.70. The van der Waals surface area contributed by atoms with Gasteiger partial charge in [0.05, 0.1) is 17.0 Å². The van der Waals surface area contributed by atoms with Gasteiger partial charge in [0, 0.05) is 18.8 Å². The van der Waals surface area contributed by atoms with Gasteiger partial charge in [0.1, 0.15) is 5.70 Å². The van der Waals surface area contributed by atoms with E-state index in [2.05, 4.69) is 10.3 Å². The van der Waals surface area contributed by atoms with Crippen molar-refractivity contribution in [3.8, 4) is 0 Å². The number of rotatable bonds is 7. The fourth-order valence-electron chi connectivity index (χ4n) is 3.19. The predicted octanol–water partition coefficient (Wildman–Crippen LogP) is -0.578. The molecule has 0 saturated carbocycles. The molecule has 1 aromatic heterocycles. The number of fused-ring (bicyclic) bond motifs is 1. The Morgan fingerprint density at radius 2 is 2.13 bits per heavy atom. The molecule has 1 saturated heterocycles. The Hall–Kier alpha value is -3.31. The monoisotopic (exact) mass is 432 g/mol. The molecule has 1 aromatic rings. The van der Waals surface area contributed by atoms with Crippen LogP contribution in [0.2, 0.25) is 0 Å². The Labute approximate surface area is 172 Å². The van der Waals surface area contributed by atoms with Crippen molar-refractivity contribution in [3.05, 3.63) is 59.1 Å². The third-order valence-electron chi connectivity index (χ3n) is 4.52. The van der Waals surface area contributed by atoms with E-state index in [1.54, 1.807) is 18.2 Å². The minimum absolute atomic E-state index is 0.0463. The van der Waals surface area contributed by atoms with E-state index in [0.29, 0.717) is 25.2 Å². The molecule has 2 amide bonds. The molecule has 0 unspecified atom stereocenters. The highest BCUT2D eigenvalue weighted by atomic mass is 32.2. The first-order valence-electron chi connectivity index (χ1n) is 9.06. The lowest BCUT2D eigenvalue weighted by molar-refractivity contribution is -0.141. The van der Waals surface area contributed by atoms with Crippen LogP contribution in [-0.2, 0) is 24.2 Å². The maximum Gasteiger partial charge on any atom is 0.352 e. The van der Waals surface area contributed by atoms with Crippen LogP contribution in [0.1, 0.15) is 12.1 Å². The SMILES string of the molecule is NCCCNC(=O)/C=C/C1=C(C(=O)O)N2C(=O)/C(=C/c3ccccn3)[C@H]2S(=O)(=O)C1. The summed E-state index contributed by atoms with van der Waals surface area (Å²) in [6, 6.07) is 4.95. The maximum absolute atomic E-state index is 12.8. The van der Waals surface area contributed by atoms with Crippen LogP contribution in [0.25, 0.3) is 6.08 Å². The lowest BCUT2D eigenvalue weighted by Gasteiger charge is -2.45. The van der Waals surface area contributed by atoms with E-state index >= 15 is 0 Å². The van der Waals surface area contributed by atoms with Crippen molar-refractivity contribution in [2.75, 3.05) is 18.8 Å². The summed E-state index contributed by atoms with van der Waals surface area (Å²) in [6.07, 6.45) is 5.55. The molecule has 0 radical (unpaired) electrons. The van der Waals surface area contributed by atoms with Crippen LogP contribution in [0, 0.1) is 0 Å². The highest BCUT2D eigenvalue weighted by Crippen LogP contribution is 2.41. The second-order valence-electron chi connectivity index (χ2n) is 6.63. The number of hydrogen-bond acceptors (Lipinski definition) is 7. The number of sulfone groups is 1. The third-order valence-corrected chi connectivity index (χ3v) is 6.38. The van der Waals surface area contributed by atoms with Gasteiger partial charge < -0.3 is 16.2 Å². The normalized spacial score (nSPS) is 21.5. The summed E-state index contributed by atoms with van der Waals surface area (Å²) in [6.45, 7) is 0.723. The van der Waals surface area contributed by atoms with Gasteiger partial charge in [0.2, 0.25) is 5.91 Å². The van der Waals surface area contributed by atoms with Crippen molar-refractivity contribution in [2.45, 2.75) is 11.8 Å². The molecule has 1 fully saturated rings. The van der Waals surface area contributed by atoms with Crippen LogP contribution in [0.5, 0.6) is 0 Å². The Morgan fingerprint density at radius 1 is 1.37 bits per heavy atom. The minimum Gasteiger partial charge on any atom is -0.477 e. The van der Waals surface area contributed by atoms with Crippen molar-refractivity contribution in [2.24, 2.45) is 5.73 Å². The number of aromatic nitrogens is 1. The van der Waals surface area contributed by atoms with E-state index in [1.165, 1.54) is 12.3 Å². The van der Waals surface area contributed by atoms with Crippen molar-refractivity contribution < 1.29 is 27.9 Å². The van der Waals surface area contributed by atoms with Crippen LogP contribution in [0.15, 0.2) is 53.4 Å². The highest BCUT2D eigenvalue weighted by Gasteiger charge is 2.56. The predicted molar refractivity (Wildman–Crippen MR) is 107 cm³/mol. The van der Waals surface area contributed by atoms with E-state index < -0.39 is 44.4 Å². The Morgan fingerprint density at radius 3 is 2.77 bits per heavy atom. The standard InChI is InChI=1S/C19H20N4O6S/c20-7-3-9-22-15(24)6-5-12-11-30(28,29)18-14(10-13-4-1-2-8-21-13)17(25)23(18)16(12)19(26)27/h1-2,4-6,8,10,18H,3,7,9,11,20H2,(H,22,24)(H,26,27)/b6-5+,14-10-/t18-/m1/s1. The molecule has 0 spiro atoms. The Balaban J connectivity index is 1.94. The molecule has 30 heavy (non-hydrogen) atoms. The molecule has 0 bridgehead atoms. The summed E-state index contributed by atoms with van der Waals surface area (Å²) in [5.41, 5.74) is 5.08. The van der Waals surface area contributed by atoms with Gasteiger partial charge in [-0.05, 0) is 36.7 Å². The van der Waals surface area contributed by atoms with Gasteiger partial charge in [-0.25, -0.2) is 13.2 Å². The summed E-state index contributed by atoms with van der Waals surface area (Å²) in [4.78, 5) is 41.0. The number of carbonyl (C=O) groups is 3. The molecule has 0 aromatic carbocycles. The first-order valence-corrected chi connectivity index (χ1v) is 10.8. The molecule has 3 rings (SSSR count). The number of carboxylic acids is 1. The summed E-state index contributed by atoms with van der Waals surface area (Å²) in [7, 11) is -3.92. The van der Waals surface area contributed by atoms with E-state index in [9.17, 15) is 27.9 Å². The molecule has 0 aliphatic carbocycles. The van der Waals surface area contributed by atoms with Crippen molar-refractivity contribution in [1.82, 2.24) is 15.2 Å². The molecule has 11 heteroatoms. The van der Waals surface area contributed by atoms with Gasteiger partial charge in [0.15, 0.2) is 15.2 Å². The molecule has 3 heterocycles. The summed E-state index contributed by atoms with van der Waals surface area (Å²) < 4.78 is 25.6. The Bertz CT molecular complexity index is 1080. The van der Waals surface area contributed by atoms with Crippen LogP contribution in [0.4, 0.5) is 0 Å². The van der Waals surface area contributed by atoms with E-state index in [-0.39, 0.29) is 11.1 Å². The van der Waals surface area contributed by atoms with Gasteiger partial charge >= 0.3 is 5.97 Å². The zero-order chi connectivity index (χ0) is 21.9. The molecular weight excluding hydrogens is 412 g/mol. The van der Waals surface area contributed by atoms with E-state index in [4.69, 9.17) is 5.73 Å². The summed E-state index contributed by atoms with van der Waals surface area (Å²) in [5, 5.41) is 10.8. The lowest BCUT2D eigenvalue weighted by atomic mass is 10.0. The number of aliphatic carboxylic acids is 1. The second kappa shape index (κ2) is 8.59. The summed E-state index contributed by atoms with van der Waals surface area (Å²) >= 11 is 0. The molecule has 2 aliphatic rings. The number of nitrogens with two attached hydrogens (primary N) is 1. The molecule has 158 valence electrons.